The fourth-order valence-corrected chi connectivity index (χ4v) is 2.56. The van der Waals surface area contributed by atoms with E-state index < -0.39 is 0 Å². The number of halogens is 1. The molecule has 0 fully saturated rings. The summed E-state index contributed by atoms with van der Waals surface area (Å²) in [5, 5.41) is 5.44. The number of nitrogens with one attached hydrogen (secondary N) is 1. The van der Waals surface area contributed by atoms with Crippen LogP contribution in [0.15, 0.2) is 35.7 Å². The van der Waals surface area contributed by atoms with E-state index in [4.69, 9.17) is 0 Å². The molecule has 0 amide bonds. The molecule has 0 saturated carbocycles. The van der Waals surface area contributed by atoms with Crippen molar-refractivity contribution in [1.82, 2.24) is 5.32 Å². The van der Waals surface area contributed by atoms with Gasteiger partial charge in [0.25, 0.3) is 0 Å². The van der Waals surface area contributed by atoms with Gasteiger partial charge in [-0.1, -0.05) is 26.0 Å². The van der Waals surface area contributed by atoms with E-state index in [9.17, 15) is 4.39 Å². The van der Waals surface area contributed by atoms with Crippen LogP contribution in [-0.2, 0) is 6.54 Å². The summed E-state index contributed by atoms with van der Waals surface area (Å²) in [5.41, 5.74) is 1.82. The summed E-state index contributed by atoms with van der Waals surface area (Å²) in [4.78, 5) is 0.983. The van der Waals surface area contributed by atoms with Gasteiger partial charge < -0.3 is 5.32 Å². The van der Waals surface area contributed by atoms with Crippen LogP contribution in [-0.4, -0.2) is 6.04 Å². The largest absolute Gasteiger partial charge is 0.310 e. The third kappa shape index (κ3) is 3.64. The summed E-state index contributed by atoms with van der Waals surface area (Å²) >= 11 is 1.57. The lowest BCUT2D eigenvalue weighted by Crippen LogP contribution is -2.30. The lowest BCUT2D eigenvalue weighted by Gasteiger charge is -2.17. The topological polar surface area (TPSA) is 12.0 Å². The molecule has 1 aromatic heterocycles. The Bertz CT molecular complexity index is 520. The van der Waals surface area contributed by atoms with Crippen LogP contribution in [0, 0.1) is 11.7 Å². The normalized spacial score (nSPS) is 12.9. The van der Waals surface area contributed by atoms with E-state index in [1.165, 1.54) is 0 Å². The lowest BCUT2D eigenvalue weighted by atomic mass is 10.1. The van der Waals surface area contributed by atoms with E-state index >= 15 is 0 Å². The van der Waals surface area contributed by atoms with Crippen LogP contribution in [0.25, 0.3) is 10.4 Å². The molecule has 102 valence electrons. The Morgan fingerprint density at radius 1 is 1.21 bits per heavy atom. The molecule has 1 unspecified atom stereocenters. The van der Waals surface area contributed by atoms with Crippen molar-refractivity contribution in [1.29, 1.82) is 0 Å². The number of benzene rings is 1. The van der Waals surface area contributed by atoms with Crippen LogP contribution in [0.5, 0.6) is 0 Å². The van der Waals surface area contributed by atoms with E-state index in [1.807, 2.05) is 29.6 Å². The summed E-state index contributed by atoms with van der Waals surface area (Å²) in [5.74, 6) is 0.445. The number of thiophene rings is 1. The van der Waals surface area contributed by atoms with E-state index in [1.54, 1.807) is 17.4 Å². The van der Waals surface area contributed by atoms with Crippen molar-refractivity contribution < 1.29 is 4.39 Å². The van der Waals surface area contributed by atoms with Gasteiger partial charge in [0.1, 0.15) is 5.82 Å². The highest BCUT2D eigenvalue weighted by Crippen LogP contribution is 2.28. The smallest absolute Gasteiger partial charge is 0.131 e. The minimum atomic E-state index is -0.150. The Hall–Kier alpha value is -1.19. The molecule has 1 atom stereocenters. The molecule has 0 aliphatic heterocycles. The molecule has 0 saturated heterocycles. The molecule has 1 N–H and O–H groups in total. The maximum atomic E-state index is 13.8. The monoisotopic (exact) mass is 277 g/mol. The Balaban J connectivity index is 2.13. The maximum absolute atomic E-state index is 13.8. The molecule has 1 aromatic carbocycles. The van der Waals surface area contributed by atoms with Crippen molar-refractivity contribution in [2.24, 2.45) is 5.92 Å². The first-order valence-electron chi connectivity index (χ1n) is 6.63. The standard InChI is InChI=1S/C16H20FNS/c1-11(2)12(3)18-10-13-6-7-15(17)14(9-13)16-5-4-8-19-16/h4-9,11-12,18H,10H2,1-3H3. The van der Waals surface area contributed by atoms with Crippen LogP contribution >= 0.6 is 11.3 Å². The second kappa shape index (κ2) is 6.31. The average Bonchev–Trinajstić information content (AvgIpc) is 2.91. The molecule has 1 heterocycles. The number of hydrogen-bond donors (Lipinski definition) is 1. The van der Waals surface area contributed by atoms with Crippen molar-refractivity contribution in [3.05, 3.63) is 47.1 Å². The Morgan fingerprint density at radius 3 is 2.63 bits per heavy atom. The fraction of sp³-hybridized carbons (Fsp3) is 0.375. The third-order valence-corrected chi connectivity index (χ3v) is 4.35. The zero-order valence-corrected chi connectivity index (χ0v) is 12.4. The molecule has 2 rings (SSSR count). The first kappa shape index (κ1) is 14.2. The molecule has 0 bridgehead atoms. The molecule has 0 spiro atoms. The van der Waals surface area contributed by atoms with Gasteiger partial charge >= 0.3 is 0 Å². The van der Waals surface area contributed by atoms with E-state index in [0.717, 1.165) is 17.0 Å². The zero-order chi connectivity index (χ0) is 13.8. The lowest BCUT2D eigenvalue weighted by molar-refractivity contribution is 0.426. The van der Waals surface area contributed by atoms with Gasteiger partial charge in [-0.2, -0.15) is 0 Å². The first-order chi connectivity index (χ1) is 9.08. The van der Waals surface area contributed by atoms with Gasteiger partial charge in [0.2, 0.25) is 0 Å². The fourth-order valence-electron chi connectivity index (χ4n) is 1.82. The summed E-state index contributed by atoms with van der Waals surface area (Å²) in [6.07, 6.45) is 0. The zero-order valence-electron chi connectivity index (χ0n) is 11.6. The Kier molecular flexibility index (Phi) is 4.72. The van der Waals surface area contributed by atoms with Crippen molar-refractivity contribution >= 4 is 11.3 Å². The second-order valence-electron chi connectivity index (χ2n) is 5.21. The average molecular weight is 277 g/mol. The number of hydrogen-bond acceptors (Lipinski definition) is 2. The highest BCUT2D eigenvalue weighted by molar-refractivity contribution is 7.13. The quantitative estimate of drug-likeness (QED) is 0.836. The molecule has 19 heavy (non-hydrogen) atoms. The molecule has 0 aliphatic carbocycles. The summed E-state index contributed by atoms with van der Waals surface area (Å²) < 4.78 is 13.8. The SMILES string of the molecule is CC(C)C(C)NCc1ccc(F)c(-c2cccs2)c1. The van der Waals surface area contributed by atoms with Crippen LogP contribution in [0.1, 0.15) is 26.3 Å². The van der Waals surface area contributed by atoms with Crippen molar-refractivity contribution in [3.63, 3.8) is 0 Å². The van der Waals surface area contributed by atoms with Gasteiger partial charge in [0.05, 0.1) is 0 Å². The first-order valence-corrected chi connectivity index (χ1v) is 7.51. The van der Waals surface area contributed by atoms with E-state index in [-0.39, 0.29) is 5.82 Å². The molecular formula is C16H20FNS. The number of rotatable bonds is 5. The minimum absolute atomic E-state index is 0.150. The minimum Gasteiger partial charge on any atom is -0.310 e. The van der Waals surface area contributed by atoms with E-state index in [2.05, 4.69) is 26.1 Å². The van der Waals surface area contributed by atoms with Gasteiger partial charge in [-0.05, 0) is 42.0 Å². The third-order valence-electron chi connectivity index (χ3n) is 3.45. The summed E-state index contributed by atoms with van der Waals surface area (Å²) in [6.45, 7) is 7.34. The highest BCUT2D eigenvalue weighted by Gasteiger charge is 2.09. The van der Waals surface area contributed by atoms with Gasteiger partial charge in [-0.25, -0.2) is 4.39 Å². The van der Waals surface area contributed by atoms with Gasteiger partial charge in [0.15, 0.2) is 0 Å². The maximum Gasteiger partial charge on any atom is 0.131 e. The highest BCUT2D eigenvalue weighted by atomic mass is 32.1. The molecule has 2 aromatic rings. The van der Waals surface area contributed by atoms with Gasteiger partial charge in [0, 0.05) is 23.0 Å². The van der Waals surface area contributed by atoms with Crippen LogP contribution in [0.4, 0.5) is 4.39 Å². The predicted octanol–water partition coefficient (Wildman–Crippen LogP) is 4.69. The van der Waals surface area contributed by atoms with Crippen LogP contribution in [0.2, 0.25) is 0 Å². The van der Waals surface area contributed by atoms with Crippen LogP contribution in [0.3, 0.4) is 0 Å². The van der Waals surface area contributed by atoms with Crippen molar-refractivity contribution in [3.8, 4) is 10.4 Å². The van der Waals surface area contributed by atoms with E-state index in [0.29, 0.717) is 17.5 Å². The Morgan fingerprint density at radius 2 is 2.00 bits per heavy atom. The molecular weight excluding hydrogens is 257 g/mol. The summed E-state index contributed by atoms with van der Waals surface area (Å²) in [6, 6.07) is 9.72. The van der Waals surface area contributed by atoms with Crippen molar-refractivity contribution in [2.45, 2.75) is 33.4 Å². The van der Waals surface area contributed by atoms with Gasteiger partial charge in [-0.3, -0.25) is 0 Å². The van der Waals surface area contributed by atoms with Crippen LogP contribution < -0.4 is 5.32 Å². The summed E-state index contributed by atoms with van der Waals surface area (Å²) in [7, 11) is 0. The second-order valence-corrected chi connectivity index (χ2v) is 6.15. The molecule has 1 nitrogen and oxygen atoms in total. The molecule has 3 heteroatoms. The predicted molar refractivity (Wildman–Crippen MR) is 80.9 cm³/mol. The molecule has 0 radical (unpaired) electrons. The van der Waals surface area contributed by atoms with Crippen molar-refractivity contribution in [2.75, 3.05) is 0 Å². The Labute approximate surface area is 118 Å². The molecule has 0 aliphatic rings. The van der Waals surface area contributed by atoms with Gasteiger partial charge in [-0.15, -0.1) is 11.3 Å².